The van der Waals surface area contributed by atoms with Crippen LogP contribution in [0.15, 0.2) is 26.4 Å². The lowest BCUT2D eigenvalue weighted by Crippen LogP contribution is -2.04. The molecule has 0 aromatic heterocycles. The number of nitrogens with zero attached hydrogens (tertiary/aromatic N) is 2. The van der Waals surface area contributed by atoms with Crippen LogP contribution in [0.5, 0.6) is 0 Å². The summed E-state index contributed by atoms with van der Waals surface area (Å²) in [5, 5.41) is 8.58. The monoisotopic (exact) mass is 343 g/mol. The van der Waals surface area contributed by atoms with Gasteiger partial charge in [0, 0.05) is 4.47 Å². The highest BCUT2D eigenvalue weighted by Crippen LogP contribution is 2.34. The summed E-state index contributed by atoms with van der Waals surface area (Å²) in [6.45, 7) is 0. The van der Waals surface area contributed by atoms with Crippen molar-refractivity contribution in [3.05, 3.63) is 21.6 Å². The van der Waals surface area contributed by atoms with Crippen LogP contribution >= 0.6 is 15.9 Å². The molecule has 0 amide bonds. The highest BCUT2D eigenvalue weighted by Gasteiger charge is 2.34. The molecule has 0 bridgehead atoms. The Morgan fingerprint density at radius 3 is 1.65 bits per heavy atom. The van der Waals surface area contributed by atoms with Gasteiger partial charge in [0.2, 0.25) is 5.39 Å². The molecule has 0 heterocycles. The highest BCUT2D eigenvalue weighted by molar-refractivity contribution is 9.10. The van der Waals surface area contributed by atoms with Crippen LogP contribution in [-0.2, 0) is 20.2 Å². The van der Waals surface area contributed by atoms with Gasteiger partial charge in [-0.15, -0.1) is 0 Å². The van der Waals surface area contributed by atoms with Crippen LogP contribution < -0.4 is 0 Å². The highest BCUT2D eigenvalue weighted by atomic mass is 79.9. The van der Waals surface area contributed by atoms with Crippen LogP contribution in [0, 0.1) is 5.39 Å². The largest absolute Gasteiger partial charge is 0.426 e. The van der Waals surface area contributed by atoms with Crippen molar-refractivity contribution in [2.24, 2.45) is 0 Å². The Morgan fingerprint density at radius 2 is 1.41 bits per heavy atom. The van der Waals surface area contributed by atoms with Gasteiger partial charge in [0.1, 0.15) is 0 Å². The Hall–Kier alpha value is -1.06. The molecule has 11 heteroatoms. The summed E-state index contributed by atoms with van der Waals surface area (Å²) in [6.07, 6.45) is 0. The maximum atomic E-state index is 10.9. The van der Waals surface area contributed by atoms with E-state index in [2.05, 4.69) is 20.9 Å². The van der Waals surface area contributed by atoms with Gasteiger partial charge in [0.25, 0.3) is 0 Å². The minimum Gasteiger partial charge on any atom is -0.282 e. The van der Waals surface area contributed by atoms with Crippen LogP contribution in [0.3, 0.4) is 0 Å². The third kappa shape index (κ3) is 2.99. The molecule has 0 aliphatic rings. The van der Waals surface area contributed by atoms with Crippen LogP contribution in [-0.4, -0.2) is 25.9 Å². The summed E-state index contributed by atoms with van der Waals surface area (Å²) in [5.74, 6) is 0. The molecule has 17 heavy (non-hydrogen) atoms. The van der Waals surface area contributed by atoms with Crippen LogP contribution in [0.4, 0.5) is 5.69 Å². The summed E-state index contributed by atoms with van der Waals surface area (Å²) in [5.41, 5.74) is -0.974. The van der Waals surface area contributed by atoms with Gasteiger partial charge < -0.3 is 0 Å². The molecule has 1 aromatic carbocycles. The fraction of sp³-hybridized carbons (Fsp3) is 0. The van der Waals surface area contributed by atoms with Gasteiger partial charge in [-0.25, -0.2) is 0 Å². The molecule has 0 aliphatic heterocycles. The molecule has 0 saturated carbocycles. The molecule has 0 spiro atoms. The van der Waals surface area contributed by atoms with Crippen molar-refractivity contribution in [3.63, 3.8) is 0 Å². The smallest absolute Gasteiger partial charge is 0.282 e. The molecule has 0 radical (unpaired) electrons. The molecule has 8 nitrogen and oxygen atoms in total. The number of benzene rings is 1. The van der Waals surface area contributed by atoms with Gasteiger partial charge in [-0.3, -0.25) is 9.11 Å². The molecular formula is C6H4BrN2O6S2+. The summed E-state index contributed by atoms with van der Waals surface area (Å²) < 4.78 is 61.3. The van der Waals surface area contributed by atoms with Crippen molar-refractivity contribution in [1.82, 2.24) is 0 Å². The zero-order chi connectivity index (χ0) is 13.4. The Bertz CT molecular complexity index is 664. The Morgan fingerprint density at radius 1 is 1.06 bits per heavy atom. The second kappa shape index (κ2) is 4.31. The number of diazo groups is 1. The quantitative estimate of drug-likeness (QED) is 0.611. The molecule has 1 rings (SSSR count). The molecular weight excluding hydrogens is 340 g/mol. The number of rotatable bonds is 2. The first-order valence-corrected chi connectivity index (χ1v) is 7.38. The second-order valence-electron chi connectivity index (χ2n) is 2.80. The lowest BCUT2D eigenvalue weighted by atomic mass is 10.3. The molecule has 0 atom stereocenters. The van der Waals surface area contributed by atoms with Gasteiger partial charge in [-0.1, -0.05) is 15.9 Å². The first-order valence-electron chi connectivity index (χ1n) is 3.71. The third-order valence-corrected chi connectivity index (χ3v) is 3.85. The lowest BCUT2D eigenvalue weighted by Gasteiger charge is -1.99. The van der Waals surface area contributed by atoms with Gasteiger partial charge in [0.15, 0.2) is 14.8 Å². The fourth-order valence-electron chi connectivity index (χ4n) is 1.04. The summed E-state index contributed by atoms with van der Waals surface area (Å²) in [4.78, 5) is 0.532. The second-order valence-corrected chi connectivity index (χ2v) is 6.50. The Labute approximate surface area is 105 Å². The molecule has 0 fully saturated rings. The minimum absolute atomic E-state index is 0.0508. The Kier molecular flexibility index (Phi) is 3.55. The summed E-state index contributed by atoms with van der Waals surface area (Å²) in [7, 11) is -9.62. The van der Waals surface area contributed by atoms with Crippen LogP contribution in [0.1, 0.15) is 0 Å². The van der Waals surface area contributed by atoms with E-state index in [0.29, 0.717) is 0 Å². The van der Waals surface area contributed by atoms with Crippen molar-refractivity contribution >= 4 is 41.9 Å². The lowest BCUT2D eigenvalue weighted by molar-refractivity contribution is 0.482. The Balaban J connectivity index is 3.92. The SMILES string of the molecule is N#[N+]c1c(S(=O)(=O)O)cc(Br)cc1S(=O)(=O)O. The minimum atomic E-state index is -4.81. The van der Waals surface area contributed by atoms with E-state index in [1.54, 1.807) is 0 Å². The number of halogens is 1. The fourth-order valence-corrected chi connectivity index (χ4v) is 3.21. The predicted molar refractivity (Wildman–Crippen MR) is 58.5 cm³/mol. The molecule has 2 N–H and O–H groups in total. The van der Waals surface area contributed by atoms with Crippen molar-refractivity contribution in [3.8, 4) is 0 Å². The zero-order valence-electron chi connectivity index (χ0n) is 7.77. The van der Waals surface area contributed by atoms with Gasteiger partial charge in [0.05, 0.1) is 0 Å². The summed E-state index contributed by atoms with van der Waals surface area (Å²) >= 11 is 2.79. The topological polar surface area (TPSA) is 137 Å². The van der Waals surface area contributed by atoms with Crippen LogP contribution in [0.25, 0.3) is 4.98 Å². The van der Waals surface area contributed by atoms with Gasteiger partial charge in [-0.2, -0.15) is 16.8 Å². The van der Waals surface area contributed by atoms with Crippen molar-refractivity contribution in [2.45, 2.75) is 9.79 Å². The van der Waals surface area contributed by atoms with E-state index < -0.39 is 35.7 Å². The van der Waals surface area contributed by atoms with E-state index >= 15 is 0 Å². The first kappa shape index (κ1) is 14.0. The average molecular weight is 344 g/mol. The predicted octanol–water partition coefficient (Wildman–Crippen LogP) is 1.43. The van der Waals surface area contributed by atoms with Gasteiger partial charge >= 0.3 is 25.9 Å². The average Bonchev–Trinajstić information content (AvgIpc) is 2.13. The maximum absolute atomic E-state index is 10.9. The molecule has 0 saturated heterocycles. The van der Waals surface area contributed by atoms with Crippen molar-refractivity contribution < 1.29 is 25.9 Å². The van der Waals surface area contributed by atoms with E-state index in [9.17, 15) is 16.8 Å². The van der Waals surface area contributed by atoms with Crippen LogP contribution in [0.2, 0.25) is 0 Å². The standard InChI is InChI=1S/C6H3BrN2O6S2/c7-3-1-4(16(10,11)12)6(9-8)5(2-3)17(13,14)15/h1-2H,(H-,10,11,12,13,14,15)/p+1. The molecule has 0 unspecified atom stereocenters. The molecule has 0 aliphatic carbocycles. The molecule has 1 aromatic rings. The van der Waals surface area contributed by atoms with Crippen molar-refractivity contribution in [1.29, 1.82) is 5.39 Å². The van der Waals surface area contributed by atoms with E-state index in [4.69, 9.17) is 14.5 Å². The van der Waals surface area contributed by atoms with E-state index in [-0.39, 0.29) is 4.47 Å². The van der Waals surface area contributed by atoms with E-state index in [0.717, 1.165) is 12.1 Å². The first-order chi connectivity index (χ1) is 7.57. The number of hydrogen-bond donors (Lipinski definition) is 2. The van der Waals surface area contributed by atoms with E-state index in [1.165, 1.54) is 0 Å². The normalized spacial score (nSPS) is 12.1. The zero-order valence-corrected chi connectivity index (χ0v) is 11.0. The third-order valence-electron chi connectivity index (χ3n) is 1.66. The maximum Gasteiger partial charge on any atom is 0.426 e. The van der Waals surface area contributed by atoms with Crippen molar-refractivity contribution in [2.75, 3.05) is 0 Å². The van der Waals surface area contributed by atoms with Gasteiger partial charge in [-0.05, 0) is 12.1 Å². The number of hydrogen-bond acceptors (Lipinski definition) is 5. The molecule has 92 valence electrons. The summed E-state index contributed by atoms with van der Waals surface area (Å²) in [6, 6.07) is 1.64. The van der Waals surface area contributed by atoms with E-state index in [1.807, 2.05) is 0 Å².